The van der Waals surface area contributed by atoms with Gasteiger partial charge < -0.3 is 10.5 Å². The van der Waals surface area contributed by atoms with Gasteiger partial charge in [0.05, 0.1) is 0 Å². The number of phenolic OH excluding ortho intramolecular Hbond substituents is 1. The van der Waals surface area contributed by atoms with E-state index >= 15 is 0 Å². The Hall–Kier alpha value is -2.16. The fourth-order valence-corrected chi connectivity index (χ4v) is 1.49. The van der Waals surface area contributed by atoms with Crippen LogP contribution in [0.25, 0.3) is 11.1 Å². The summed E-state index contributed by atoms with van der Waals surface area (Å²) in [7, 11) is 0. The van der Waals surface area contributed by atoms with E-state index in [1.165, 1.54) is 18.2 Å². The molecule has 0 bridgehead atoms. The van der Waals surface area contributed by atoms with Crippen LogP contribution >= 0.6 is 0 Å². The van der Waals surface area contributed by atoms with Gasteiger partial charge in [0.15, 0.2) is 0 Å². The van der Waals surface area contributed by atoms with Crippen molar-refractivity contribution in [2.24, 2.45) is 0 Å². The summed E-state index contributed by atoms with van der Waals surface area (Å²) in [6, 6.07) is 11.0. The number of aromatic hydroxyl groups is 1. The first kappa shape index (κ1) is 10.4. The molecule has 2 aromatic rings. The highest BCUT2D eigenvalue weighted by Crippen LogP contribution is 2.24. The summed E-state index contributed by atoms with van der Waals surface area (Å²) >= 11 is 0. The quantitative estimate of drug-likeness (QED) is 0.742. The Bertz CT molecular complexity index is 520. The number of hydrogen-bond donors (Lipinski definition) is 2. The summed E-state index contributed by atoms with van der Waals surface area (Å²) in [5, 5.41) is 16.5. The van der Waals surface area contributed by atoms with Crippen LogP contribution in [0.5, 0.6) is 5.75 Å². The van der Waals surface area contributed by atoms with Gasteiger partial charge in [-0.15, -0.1) is 0 Å². The monoisotopic (exact) mass is 215 g/mol. The minimum atomic E-state index is -0.283. The largest absolute Gasteiger partial charge is 0.507 e. The lowest BCUT2D eigenvalue weighted by atomic mass is 10.0. The summed E-state index contributed by atoms with van der Waals surface area (Å²) in [5.74, 6) is -0.212. The van der Waals surface area contributed by atoms with Crippen molar-refractivity contribution in [3.8, 4) is 16.9 Å². The Morgan fingerprint density at radius 2 is 1.62 bits per heavy atom. The second-order valence-electron chi connectivity index (χ2n) is 3.42. The molecule has 0 radical (unpaired) electrons. The molecule has 0 atom stereocenters. The van der Waals surface area contributed by atoms with Crippen molar-refractivity contribution in [1.82, 2.24) is 0 Å². The van der Waals surface area contributed by atoms with Crippen molar-refractivity contribution in [3.63, 3.8) is 0 Å². The molecule has 0 aliphatic carbocycles. The molecule has 3 heteroatoms. The fourth-order valence-electron chi connectivity index (χ4n) is 1.49. The zero-order chi connectivity index (χ0) is 11.5. The first-order valence-electron chi connectivity index (χ1n) is 4.80. The van der Waals surface area contributed by atoms with Gasteiger partial charge in [0.2, 0.25) is 0 Å². The number of benzene rings is 2. The van der Waals surface area contributed by atoms with Crippen molar-refractivity contribution < 1.29 is 9.50 Å². The summed E-state index contributed by atoms with van der Waals surface area (Å²) in [6.07, 6.45) is 1.09. The molecule has 2 N–H and O–H groups in total. The van der Waals surface area contributed by atoms with Crippen molar-refractivity contribution in [1.29, 1.82) is 5.41 Å². The third kappa shape index (κ3) is 1.93. The van der Waals surface area contributed by atoms with E-state index in [0.717, 1.165) is 17.3 Å². The van der Waals surface area contributed by atoms with Crippen LogP contribution in [0.4, 0.5) is 4.39 Å². The van der Waals surface area contributed by atoms with E-state index in [-0.39, 0.29) is 11.6 Å². The van der Waals surface area contributed by atoms with Crippen LogP contribution in [0.2, 0.25) is 0 Å². The van der Waals surface area contributed by atoms with E-state index in [0.29, 0.717) is 5.56 Å². The molecule has 2 nitrogen and oxygen atoms in total. The molecular formula is C13H10FNO. The van der Waals surface area contributed by atoms with Crippen molar-refractivity contribution in [3.05, 3.63) is 53.8 Å². The molecule has 0 aliphatic rings. The topological polar surface area (TPSA) is 44.1 Å². The second kappa shape index (κ2) is 4.14. The van der Waals surface area contributed by atoms with E-state index in [4.69, 9.17) is 5.41 Å². The molecule has 0 fully saturated rings. The Morgan fingerprint density at radius 3 is 2.25 bits per heavy atom. The Kier molecular flexibility index (Phi) is 2.68. The smallest absolute Gasteiger partial charge is 0.124 e. The molecule has 16 heavy (non-hydrogen) atoms. The predicted octanol–water partition coefficient (Wildman–Crippen LogP) is 3.20. The van der Waals surface area contributed by atoms with Crippen LogP contribution < -0.4 is 0 Å². The molecule has 0 spiro atoms. The Balaban J connectivity index is 2.48. The van der Waals surface area contributed by atoms with Gasteiger partial charge in [-0.05, 0) is 35.4 Å². The number of halogens is 1. The third-order valence-electron chi connectivity index (χ3n) is 2.36. The lowest BCUT2D eigenvalue weighted by Gasteiger charge is -2.04. The molecule has 0 heterocycles. The van der Waals surface area contributed by atoms with Gasteiger partial charge in [0.25, 0.3) is 0 Å². The normalized spacial score (nSPS) is 10.1. The number of phenols is 1. The van der Waals surface area contributed by atoms with E-state index < -0.39 is 0 Å². The first-order valence-corrected chi connectivity index (χ1v) is 4.80. The Labute approximate surface area is 92.5 Å². The standard InChI is InChI=1S/C13H10FNO/c14-12-4-1-9(2-5-12)10-3-6-13(16)11(7-10)8-15/h1-8,15-16H. The minimum absolute atomic E-state index is 0.0702. The molecule has 0 aromatic heterocycles. The van der Waals surface area contributed by atoms with Crippen LogP contribution in [0, 0.1) is 11.2 Å². The molecule has 80 valence electrons. The summed E-state index contributed by atoms with van der Waals surface area (Å²) in [6.45, 7) is 0. The molecule has 2 rings (SSSR count). The van der Waals surface area contributed by atoms with Crippen LogP contribution in [0.15, 0.2) is 42.5 Å². The highest BCUT2D eigenvalue weighted by Gasteiger charge is 2.02. The number of rotatable bonds is 2. The van der Waals surface area contributed by atoms with E-state index in [2.05, 4.69) is 0 Å². The van der Waals surface area contributed by atoms with Gasteiger partial charge >= 0.3 is 0 Å². The number of nitrogens with one attached hydrogen (secondary N) is 1. The highest BCUT2D eigenvalue weighted by atomic mass is 19.1. The van der Waals surface area contributed by atoms with Crippen LogP contribution in [0.1, 0.15) is 5.56 Å². The third-order valence-corrected chi connectivity index (χ3v) is 2.36. The average Bonchev–Trinajstić information content (AvgIpc) is 2.31. The zero-order valence-electron chi connectivity index (χ0n) is 8.44. The first-order chi connectivity index (χ1) is 7.70. The van der Waals surface area contributed by atoms with Crippen LogP contribution in [-0.4, -0.2) is 11.3 Å². The Morgan fingerprint density at radius 1 is 1.00 bits per heavy atom. The molecular weight excluding hydrogens is 205 g/mol. The van der Waals surface area contributed by atoms with Gasteiger partial charge in [-0.1, -0.05) is 18.2 Å². The van der Waals surface area contributed by atoms with Crippen molar-refractivity contribution >= 4 is 6.21 Å². The van der Waals surface area contributed by atoms with E-state index in [1.54, 1.807) is 24.3 Å². The SMILES string of the molecule is N=Cc1cc(-c2ccc(F)cc2)ccc1O. The lowest BCUT2D eigenvalue weighted by Crippen LogP contribution is -1.84. The lowest BCUT2D eigenvalue weighted by molar-refractivity contribution is 0.474. The molecule has 0 saturated carbocycles. The summed E-state index contributed by atoms with van der Waals surface area (Å²) in [5.41, 5.74) is 2.14. The predicted molar refractivity (Wildman–Crippen MR) is 61.4 cm³/mol. The van der Waals surface area contributed by atoms with Crippen molar-refractivity contribution in [2.45, 2.75) is 0 Å². The number of hydrogen-bond acceptors (Lipinski definition) is 2. The van der Waals surface area contributed by atoms with Gasteiger partial charge in [0, 0.05) is 11.8 Å². The van der Waals surface area contributed by atoms with Crippen LogP contribution in [0.3, 0.4) is 0 Å². The minimum Gasteiger partial charge on any atom is -0.507 e. The molecule has 0 amide bonds. The molecule has 2 aromatic carbocycles. The maximum Gasteiger partial charge on any atom is 0.124 e. The van der Waals surface area contributed by atoms with E-state index in [1.807, 2.05) is 0 Å². The van der Waals surface area contributed by atoms with Gasteiger partial charge in [-0.3, -0.25) is 0 Å². The molecule has 0 aliphatic heterocycles. The summed E-state index contributed by atoms with van der Waals surface area (Å²) < 4.78 is 12.7. The molecule has 0 saturated heterocycles. The zero-order valence-corrected chi connectivity index (χ0v) is 8.44. The van der Waals surface area contributed by atoms with Gasteiger partial charge in [-0.25, -0.2) is 4.39 Å². The molecule has 0 unspecified atom stereocenters. The highest BCUT2D eigenvalue weighted by molar-refractivity contribution is 5.84. The second-order valence-corrected chi connectivity index (χ2v) is 3.42. The maximum absolute atomic E-state index is 12.7. The van der Waals surface area contributed by atoms with Gasteiger partial charge in [0.1, 0.15) is 11.6 Å². The fraction of sp³-hybridized carbons (Fsp3) is 0. The summed E-state index contributed by atoms with van der Waals surface area (Å²) in [4.78, 5) is 0. The van der Waals surface area contributed by atoms with Crippen molar-refractivity contribution in [2.75, 3.05) is 0 Å². The van der Waals surface area contributed by atoms with E-state index in [9.17, 15) is 9.50 Å². The maximum atomic E-state index is 12.7. The van der Waals surface area contributed by atoms with Gasteiger partial charge in [-0.2, -0.15) is 0 Å². The van der Waals surface area contributed by atoms with Crippen LogP contribution in [-0.2, 0) is 0 Å². The average molecular weight is 215 g/mol.